The number of nitrogens with zero attached hydrogens (tertiary/aromatic N) is 2. The number of carbonyl (C=O) groups excluding carboxylic acids is 1. The lowest BCUT2D eigenvalue weighted by molar-refractivity contribution is -0.121. The number of aromatic nitrogens is 2. The molecular formula is C19H19N3O3. The van der Waals surface area contributed by atoms with Crippen molar-refractivity contribution in [3.63, 3.8) is 0 Å². The summed E-state index contributed by atoms with van der Waals surface area (Å²) >= 11 is 0. The molecule has 0 fully saturated rings. The summed E-state index contributed by atoms with van der Waals surface area (Å²) in [6.45, 7) is 1.92. The van der Waals surface area contributed by atoms with Crippen molar-refractivity contribution in [3.05, 3.63) is 54.4 Å². The Bertz CT molecular complexity index is 890. The summed E-state index contributed by atoms with van der Waals surface area (Å²) in [7, 11) is 0. The molecule has 1 amide bonds. The second kappa shape index (κ2) is 6.84. The molecule has 1 aromatic heterocycles. The quantitative estimate of drug-likeness (QED) is 0.775. The molecule has 0 saturated carbocycles. The highest BCUT2D eigenvalue weighted by Crippen LogP contribution is 2.33. The molecule has 6 nitrogen and oxygen atoms in total. The van der Waals surface area contributed by atoms with Crippen LogP contribution >= 0.6 is 0 Å². The zero-order valence-corrected chi connectivity index (χ0v) is 13.8. The smallest absolute Gasteiger partial charge is 0.240 e. The summed E-state index contributed by atoms with van der Waals surface area (Å²) in [5, 5.41) is 2.95. The molecule has 4 rings (SSSR count). The first-order chi connectivity index (χ1) is 12.3. The van der Waals surface area contributed by atoms with Crippen molar-refractivity contribution in [1.29, 1.82) is 0 Å². The van der Waals surface area contributed by atoms with Crippen molar-refractivity contribution in [2.24, 2.45) is 0 Å². The molecule has 1 N–H and O–H groups in total. The van der Waals surface area contributed by atoms with E-state index in [1.54, 1.807) is 6.33 Å². The summed E-state index contributed by atoms with van der Waals surface area (Å²) < 4.78 is 13.0. The minimum atomic E-state index is -0.0369. The van der Waals surface area contributed by atoms with Gasteiger partial charge in [-0.25, -0.2) is 4.98 Å². The highest BCUT2D eigenvalue weighted by Gasteiger charge is 2.16. The monoisotopic (exact) mass is 337 g/mol. The fourth-order valence-electron chi connectivity index (χ4n) is 2.92. The number of ether oxygens (including phenoxy) is 2. The van der Waals surface area contributed by atoms with Gasteiger partial charge in [0, 0.05) is 18.7 Å². The van der Waals surface area contributed by atoms with Crippen molar-refractivity contribution in [2.75, 3.05) is 19.8 Å². The maximum Gasteiger partial charge on any atom is 0.240 e. The lowest BCUT2D eigenvalue weighted by Gasteiger charge is -2.18. The van der Waals surface area contributed by atoms with Gasteiger partial charge in [-0.3, -0.25) is 4.79 Å². The first-order valence-corrected chi connectivity index (χ1v) is 8.35. The van der Waals surface area contributed by atoms with Crippen molar-refractivity contribution in [2.45, 2.75) is 13.0 Å². The number of carbonyl (C=O) groups is 1. The molecule has 3 aromatic rings. The van der Waals surface area contributed by atoms with Gasteiger partial charge >= 0.3 is 0 Å². The van der Waals surface area contributed by atoms with Gasteiger partial charge in [0.25, 0.3) is 0 Å². The molecule has 0 unspecified atom stereocenters. The van der Waals surface area contributed by atoms with Crippen LogP contribution in [-0.4, -0.2) is 35.2 Å². The van der Waals surface area contributed by atoms with Crippen LogP contribution < -0.4 is 14.8 Å². The first-order valence-electron chi connectivity index (χ1n) is 8.35. The van der Waals surface area contributed by atoms with Crippen LogP contribution in [0, 0.1) is 0 Å². The highest BCUT2D eigenvalue weighted by molar-refractivity contribution is 5.83. The number of imidazole rings is 1. The number of fused-ring (bicyclic) bond motifs is 2. The maximum atomic E-state index is 12.2. The molecule has 25 heavy (non-hydrogen) atoms. The fourth-order valence-corrected chi connectivity index (χ4v) is 2.92. The molecule has 0 aliphatic carbocycles. The predicted molar refractivity (Wildman–Crippen MR) is 93.9 cm³/mol. The van der Waals surface area contributed by atoms with Gasteiger partial charge in [0.05, 0.1) is 17.4 Å². The molecule has 0 atom stereocenters. The number of hydrogen-bond donors (Lipinski definition) is 1. The summed E-state index contributed by atoms with van der Waals surface area (Å²) in [6.07, 6.45) is 2.49. The van der Waals surface area contributed by atoms with Gasteiger partial charge in [-0.15, -0.1) is 0 Å². The van der Waals surface area contributed by atoms with Crippen LogP contribution in [0.5, 0.6) is 11.5 Å². The van der Waals surface area contributed by atoms with Crippen molar-refractivity contribution in [1.82, 2.24) is 14.9 Å². The molecule has 1 aliphatic heterocycles. The lowest BCUT2D eigenvalue weighted by Crippen LogP contribution is -2.29. The van der Waals surface area contributed by atoms with Crippen LogP contribution in [0.25, 0.3) is 11.0 Å². The van der Waals surface area contributed by atoms with Crippen LogP contribution in [0.3, 0.4) is 0 Å². The van der Waals surface area contributed by atoms with Crippen LogP contribution in [0.2, 0.25) is 0 Å². The summed E-state index contributed by atoms with van der Waals surface area (Å²) in [4.78, 5) is 16.6. The topological polar surface area (TPSA) is 65.4 Å². The average molecular weight is 337 g/mol. The number of nitrogens with one attached hydrogen (secondary N) is 1. The normalized spacial score (nSPS) is 13.0. The zero-order valence-electron chi connectivity index (χ0n) is 13.8. The van der Waals surface area contributed by atoms with E-state index in [0.717, 1.165) is 17.5 Å². The summed E-state index contributed by atoms with van der Waals surface area (Å²) in [5.74, 6) is 1.37. The van der Waals surface area contributed by atoms with Crippen LogP contribution in [0.15, 0.2) is 48.8 Å². The maximum absolute atomic E-state index is 12.2. The highest BCUT2D eigenvalue weighted by atomic mass is 16.6. The van der Waals surface area contributed by atoms with Gasteiger partial charge in [0.2, 0.25) is 5.91 Å². The van der Waals surface area contributed by atoms with Crippen LogP contribution in [-0.2, 0) is 17.8 Å². The molecule has 0 spiro atoms. The van der Waals surface area contributed by atoms with Crippen LogP contribution in [0.4, 0.5) is 0 Å². The van der Waals surface area contributed by atoms with Gasteiger partial charge in [0.15, 0.2) is 11.5 Å². The SMILES string of the molecule is O=C(Cn1cnc2cc3c(cc21)OCCO3)NCCc1ccccc1. The summed E-state index contributed by atoms with van der Waals surface area (Å²) in [6, 6.07) is 13.8. The van der Waals surface area contributed by atoms with E-state index in [4.69, 9.17) is 9.47 Å². The molecule has 0 radical (unpaired) electrons. The van der Waals surface area contributed by atoms with E-state index in [0.29, 0.717) is 31.3 Å². The molecule has 0 bridgehead atoms. The van der Waals surface area contributed by atoms with E-state index in [1.807, 2.05) is 34.9 Å². The zero-order chi connectivity index (χ0) is 17.1. The molecule has 128 valence electrons. The van der Waals surface area contributed by atoms with Crippen molar-refractivity contribution < 1.29 is 14.3 Å². The number of hydrogen-bond acceptors (Lipinski definition) is 4. The predicted octanol–water partition coefficient (Wildman–Crippen LogP) is 2.17. The largest absolute Gasteiger partial charge is 0.486 e. The standard InChI is InChI=1S/C19H19N3O3/c23-19(20-7-6-14-4-2-1-3-5-14)12-22-13-21-15-10-17-18(11-16(15)22)25-9-8-24-17/h1-5,10-11,13H,6-9,12H2,(H,20,23). The number of amides is 1. The van der Waals surface area contributed by atoms with E-state index in [2.05, 4.69) is 22.4 Å². The number of benzene rings is 2. The van der Waals surface area contributed by atoms with E-state index in [1.165, 1.54) is 5.56 Å². The van der Waals surface area contributed by atoms with Gasteiger partial charge in [-0.2, -0.15) is 0 Å². The minimum absolute atomic E-state index is 0.0369. The molecule has 6 heteroatoms. The molecule has 0 saturated heterocycles. The van der Waals surface area contributed by atoms with E-state index < -0.39 is 0 Å². The lowest BCUT2D eigenvalue weighted by atomic mass is 10.1. The van der Waals surface area contributed by atoms with Gasteiger partial charge < -0.3 is 19.4 Å². The van der Waals surface area contributed by atoms with Gasteiger partial charge in [0.1, 0.15) is 19.8 Å². The Morgan fingerprint density at radius 2 is 1.88 bits per heavy atom. The van der Waals surface area contributed by atoms with E-state index in [9.17, 15) is 4.79 Å². The second-order valence-electron chi connectivity index (χ2n) is 5.94. The number of rotatable bonds is 5. The average Bonchev–Trinajstić information content (AvgIpc) is 3.02. The first kappa shape index (κ1) is 15.5. The summed E-state index contributed by atoms with van der Waals surface area (Å²) in [5.41, 5.74) is 2.86. The Balaban J connectivity index is 1.41. The third kappa shape index (κ3) is 3.42. The van der Waals surface area contributed by atoms with Crippen molar-refractivity contribution in [3.8, 4) is 11.5 Å². The Hall–Kier alpha value is -3.02. The Morgan fingerprint density at radius 1 is 1.12 bits per heavy atom. The molecular weight excluding hydrogens is 318 g/mol. The van der Waals surface area contributed by atoms with E-state index >= 15 is 0 Å². The third-order valence-corrected chi connectivity index (χ3v) is 4.18. The third-order valence-electron chi connectivity index (χ3n) is 4.18. The molecule has 2 aromatic carbocycles. The van der Waals surface area contributed by atoms with E-state index in [-0.39, 0.29) is 12.5 Å². The van der Waals surface area contributed by atoms with Gasteiger partial charge in [-0.1, -0.05) is 30.3 Å². The van der Waals surface area contributed by atoms with Gasteiger partial charge in [-0.05, 0) is 12.0 Å². The Labute approximate surface area is 145 Å². The fraction of sp³-hybridized carbons (Fsp3) is 0.263. The minimum Gasteiger partial charge on any atom is -0.486 e. The Kier molecular flexibility index (Phi) is 4.24. The molecule has 1 aliphatic rings. The molecule has 2 heterocycles. The van der Waals surface area contributed by atoms with Crippen molar-refractivity contribution >= 4 is 16.9 Å². The Morgan fingerprint density at radius 3 is 2.68 bits per heavy atom. The van der Waals surface area contributed by atoms with Crippen LogP contribution in [0.1, 0.15) is 5.56 Å². The second-order valence-corrected chi connectivity index (χ2v) is 5.94.